The van der Waals surface area contributed by atoms with Crippen LogP contribution in [-0.4, -0.2) is 42.4 Å². The molecule has 0 amide bonds. The molecule has 2 heterocycles. The maximum atomic E-state index is 11.4. The van der Waals surface area contributed by atoms with Crippen molar-refractivity contribution < 1.29 is 9.47 Å². The summed E-state index contributed by atoms with van der Waals surface area (Å²) in [6.07, 6.45) is 6.20. The summed E-state index contributed by atoms with van der Waals surface area (Å²) in [4.78, 5) is 13.6. The molecule has 0 N–H and O–H groups in total. The molecule has 1 fully saturated rings. The first kappa shape index (κ1) is 20.8. The van der Waals surface area contributed by atoms with E-state index in [9.17, 15) is 4.91 Å². The zero-order chi connectivity index (χ0) is 21.1. The van der Waals surface area contributed by atoms with Crippen LogP contribution in [0, 0.1) is 4.91 Å². The van der Waals surface area contributed by atoms with Crippen molar-refractivity contribution in [1.82, 2.24) is 4.90 Å². The SMILES string of the molecule is CCS1(N=O)CCC(Oc2cc(-c3cccc(OC)c3)cc3c2CN(C)C=C3)CC1. The van der Waals surface area contributed by atoms with Gasteiger partial charge in [0.25, 0.3) is 0 Å². The summed E-state index contributed by atoms with van der Waals surface area (Å²) in [7, 11) is 2.44. The third-order valence-corrected chi connectivity index (χ3v) is 9.57. The fourth-order valence-corrected chi connectivity index (χ4v) is 6.67. The summed E-state index contributed by atoms with van der Waals surface area (Å²) in [5, 5.41) is 0. The molecular formula is C24H30N2O3S. The molecule has 0 radical (unpaired) electrons. The van der Waals surface area contributed by atoms with Crippen LogP contribution in [0.1, 0.15) is 30.9 Å². The number of methoxy groups -OCH3 is 1. The molecular weight excluding hydrogens is 396 g/mol. The van der Waals surface area contributed by atoms with Crippen molar-refractivity contribution in [1.29, 1.82) is 0 Å². The molecule has 6 heteroatoms. The Hall–Kier alpha value is -2.47. The normalized spacial score (nSPS) is 25.2. The molecule has 4 rings (SSSR count). The van der Waals surface area contributed by atoms with E-state index in [1.54, 1.807) is 7.11 Å². The second-order valence-electron chi connectivity index (χ2n) is 8.09. The van der Waals surface area contributed by atoms with Gasteiger partial charge in [0.1, 0.15) is 17.6 Å². The minimum atomic E-state index is -1.33. The highest BCUT2D eigenvalue weighted by atomic mass is 32.3. The van der Waals surface area contributed by atoms with Crippen LogP contribution in [0.15, 0.2) is 47.2 Å². The monoisotopic (exact) mass is 426 g/mol. The highest BCUT2D eigenvalue weighted by molar-refractivity contribution is 8.32. The molecule has 0 spiro atoms. The Labute approximate surface area is 180 Å². The first-order valence-electron chi connectivity index (χ1n) is 10.5. The first-order valence-corrected chi connectivity index (χ1v) is 12.6. The Bertz CT molecular complexity index is 951. The first-order chi connectivity index (χ1) is 14.6. The molecule has 0 aromatic heterocycles. The average molecular weight is 427 g/mol. The fraction of sp³-hybridized carbons (Fsp3) is 0.417. The number of benzene rings is 2. The number of hydrogen-bond donors (Lipinski definition) is 0. The van der Waals surface area contributed by atoms with E-state index >= 15 is 0 Å². The third kappa shape index (κ3) is 4.19. The van der Waals surface area contributed by atoms with Crippen LogP contribution < -0.4 is 9.47 Å². The van der Waals surface area contributed by atoms with Crippen LogP contribution in [-0.2, 0) is 6.54 Å². The maximum absolute atomic E-state index is 11.4. The van der Waals surface area contributed by atoms with Gasteiger partial charge in [-0.05, 0) is 76.4 Å². The van der Waals surface area contributed by atoms with Crippen LogP contribution in [0.25, 0.3) is 17.2 Å². The molecule has 5 nitrogen and oxygen atoms in total. The lowest BCUT2D eigenvalue weighted by molar-refractivity contribution is 0.188. The standard InChI is InChI=1S/C24H30N2O3S/c1-4-30(25-27)12-9-21(10-13-30)29-24-16-20(18-6-5-7-22(15-18)28-3)14-19-8-11-26(2)17-23(19)24/h5-8,11,14-16,21H,4,9-10,12-13,17H2,1-3H3. The fourth-order valence-electron chi connectivity index (χ4n) is 4.23. The quantitative estimate of drug-likeness (QED) is 0.546. The summed E-state index contributed by atoms with van der Waals surface area (Å²) in [6, 6.07) is 12.5. The molecule has 2 aliphatic rings. The van der Waals surface area contributed by atoms with Crippen molar-refractivity contribution in [2.75, 3.05) is 31.4 Å². The predicted molar refractivity (Wildman–Crippen MR) is 126 cm³/mol. The van der Waals surface area contributed by atoms with Gasteiger partial charge in [0.05, 0.1) is 7.11 Å². The number of ether oxygens (including phenoxy) is 2. The van der Waals surface area contributed by atoms with E-state index in [2.05, 4.69) is 60.0 Å². The molecule has 30 heavy (non-hydrogen) atoms. The second-order valence-corrected chi connectivity index (χ2v) is 11.6. The van der Waals surface area contributed by atoms with E-state index in [0.717, 1.165) is 59.3 Å². The summed E-state index contributed by atoms with van der Waals surface area (Å²) in [6.45, 7) is 2.92. The van der Waals surface area contributed by atoms with Gasteiger partial charge in [-0.25, -0.2) is 0 Å². The zero-order valence-corrected chi connectivity index (χ0v) is 18.8. The van der Waals surface area contributed by atoms with E-state index < -0.39 is 10.2 Å². The van der Waals surface area contributed by atoms with E-state index in [1.165, 1.54) is 11.1 Å². The summed E-state index contributed by atoms with van der Waals surface area (Å²) in [5.74, 6) is 4.45. The number of nitrogens with zero attached hydrogens (tertiary/aromatic N) is 2. The second kappa shape index (κ2) is 8.72. The summed E-state index contributed by atoms with van der Waals surface area (Å²) >= 11 is 0. The lowest BCUT2D eigenvalue weighted by Gasteiger charge is -2.38. The van der Waals surface area contributed by atoms with E-state index in [4.69, 9.17) is 9.47 Å². The van der Waals surface area contributed by atoms with Gasteiger partial charge in [-0.1, -0.05) is 19.1 Å². The molecule has 2 aromatic carbocycles. The van der Waals surface area contributed by atoms with Gasteiger partial charge >= 0.3 is 0 Å². The van der Waals surface area contributed by atoms with Gasteiger partial charge in [-0.3, -0.25) is 0 Å². The van der Waals surface area contributed by atoms with Crippen LogP contribution in [0.5, 0.6) is 11.5 Å². The zero-order valence-electron chi connectivity index (χ0n) is 18.0. The number of nitroso groups, excluding NO2 is 1. The number of fused-ring (bicyclic) bond motifs is 1. The van der Waals surface area contributed by atoms with Crippen molar-refractivity contribution in [3.63, 3.8) is 0 Å². The highest BCUT2D eigenvalue weighted by Gasteiger charge is 2.32. The van der Waals surface area contributed by atoms with Crippen LogP contribution >= 0.6 is 10.2 Å². The summed E-state index contributed by atoms with van der Waals surface area (Å²) in [5.41, 5.74) is 4.65. The molecule has 2 aromatic rings. The van der Waals surface area contributed by atoms with Crippen LogP contribution in [0.3, 0.4) is 0 Å². The minimum Gasteiger partial charge on any atom is -0.497 e. The Morgan fingerprint density at radius 2 is 1.97 bits per heavy atom. The largest absolute Gasteiger partial charge is 0.497 e. The molecule has 0 bridgehead atoms. The van der Waals surface area contributed by atoms with Gasteiger partial charge < -0.3 is 14.4 Å². The smallest absolute Gasteiger partial charge is 0.125 e. The molecule has 0 aliphatic carbocycles. The maximum Gasteiger partial charge on any atom is 0.125 e. The van der Waals surface area contributed by atoms with E-state index in [0.29, 0.717) is 0 Å². The number of hydrogen-bond acceptors (Lipinski definition) is 5. The van der Waals surface area contributed by atoms with Gasteiger partial charge in [0, 0.05) is 30.7 Å². The minimum absolute atomic E-state index is 0.139. The van der Waals surface area contributed by atoms with Gasteiger partial charge in [-0.2, -0.15) is 0 Å². The van der Waals surface area contributed by atoms with Crippen molar-refractivity contribution in [3.05, 3.63) is 58.6 Å². The average Bonchev–Trinajstić information content (AvgIpc) is 2.80. The molecule has 0 unspecified atom stereocenters. The lowest BCUT2D eigenvalue weighted by atomic mass is 9.96. The molecule has 160 valence electrons. The molecule has 2 aliphatic heterocycles. The van der Waals surface area contributed by atoms with E-state index in [-0.39, 0.29) is 6.10 Å². The lowest BCUT2D eigenvalue weighted by Crippen LogP contribution is -2.29. The molecule has 0 atom stereocenters. The highest BCUT2D eigenvalue weighted by Crippen LogP contribution is 2.53. The van der Waals surface area contributed by atoms with Crippen LogP contribution in [0.2, 0.25) is 0 Å². The van der Waals surface area contributed by atoms with Crippen LogP contribution in [0.4, 0.5) is 0 Å². The summed E-state index contributed by atoms with van der Waals surface area (Å²) < 4.78 is 15.5. The Kier molecular flexibility index (Phi) is 6.04. The van der Waals surface area contributed by atoms with Crippen molar-refractivity contribution in [2.45, 2.75) is 32.4 Å². The van der Waals surface area contributed by atoms with Crippen molar-refractivity contribution in [3.8, 4) is 22.6 Å². The number of rotatable bonds is 6. The Balaban J connectivity index is 1.65. The predicted octanol–water partition coefficient (Wildman–Crippen LogP) is 5.83. The third-order valence-electron chi connectivity index (χ3n) is 6.19. The van der Waals surface area contributed by atoms with Crippen molar-refractivity contribution >= 4 is 16.3 Å². The van der Waals surface area contributed by atoms with Gasteiger partial charge in [0.2, 0.25) is 0 Å². The van der Waals surface area contributed by atoms with E-state index in [1.807, 2.05) is 12.1 Å². The van der Waals surface area contributed by atoms with Crippen molar-refractivity contribution in [2.24, 2.45) is 4.58 Å². The Morgan fingerprint density at radius 3 is 2.67 bits per heavy atom. The van der Waals surface area contributed by atoms with Gasteiger partial charge in [0.15, 0.2) is 0 Å². The van der Waals surface area contributed by atoms with Gasteiger partial charge in [-0.15, -0.1) is 15.1 Å². The molecule has 1 saturated heterocycles. The molecule has 0 saturated carbocycles. The Morgan fingerprint density at radius 1 is 1.17 bits per heavy atom. The topological polar surface area (TPSA) is 51.1 Å².